The second-order valence-electron chi connectivity index (χ2n) is 3.79. The number of allylic oxidation sites excluding steroid dienone is 2. The van der Waals surface area contributed by atoms with Gasteiger partial charge in [0, 0.05) is 6.04 Å². The molecule has 74 valence electrons. The smallest absolute Gasteiger partial charge is 0.0130 e. The largest absolute Gasteiger partial charge is 0.405 e. The lowest BCUT2D eigenvalue weighted by Crippen LogP contribution is -2.29. The van der Waals surface area contributed by atoms with Crippen LogP contribution in [0.25, 0.3) is 0 Å². The molecule has 2 nitrogen and oxygen atoms in total. The van der Waals surface area contributed by atoms with Gasteiger partial charge in [-0.05, 0) is 44.5 Å². The van der Waals surface area contributed by atoms with Crippen molar-refractivity contribution in [3.8, 4) is 0 Å². The maximum Gasteiger partial charge on any atom is 0.0130 e. The van der Waals surface area contributed by atoms with Crippen LogP contribution in [-0.4, -0.2) is 12.6 Å². The molecule has 0 bridgehead atoms. The van der Waals surface area contributed by atoms with Crippen molar-refractivity contribution in [1.29, 1.82) is 0 Å². The molecule has 1 unspecified atom stereocenters. The number of nitrogens with two attached hydrogens (primary N) is 1. The molecule has 0 aromatic carbocycles. The standard InChI is InChI=1S/C11H20N2/c1-9(5-3-7-12)10(2)11-6-4-8-13-11/h3,5,7,10-11,13H,4,6,8,12H2,1-2H3/b7-3-,9-5-/t10?,11-/m0/s1. The summed E-state index contributed by atoms with van der Waals surface area (Å²) in [5, 5.41) is 3.52. The molecule has 0 aliphatic carbocycles. The SMILES string of the molecule is C/C(=C/C=C\N)C(C)[C@@H]1CCCN1. The molecule has 0 aromatic rings. The minimum Gasteiger partial charge on any atom is -0.405 e. The summed E-state index contributed by atoms with van der Waals surface area (Å²) in [5.74, 6) is 0.624. The molecule has 1 saturated heterocycles. The molecule has 1 aliphatic rings. The van der Waals surface area contributed by atoms with Gasteiger partial charge in [-0.2, -0.15) is 0 Å². The van der Waals surface area contributed by atoms with E-state index < -0.39 is 0 Å². The number of rotatable bonds is 3. The molecule has 13 heavy (non-hydrogen) atoms. The van der Waals surface area contributed by atoms with Crippen molar-refractivity contribution in [2.75, 3.05) is 6.54 Å². The number of hydrogen-bond donors (Lipinski definition) is 2. The zero-order valence-electron chi connectivity index (χ0n) is 8.59. The van der Waals surface area contributed by atoms with E-state index in [1.54, 1.807) is 6.20 Å². The van der Waals surface area contributed by atoms with Gasteiger partial charge in [-0.3, -0.25) is 0 Å². The van der Waals surface area contributed by atoms with Crippen LogP contribution < -0.4 is 11.1 Å². The predicted octanol–water partition coefficient (Wildman–Crippen LogP) is 1.79. The molecule has 1 heterocycles. The zero-order valence-corrected chi connectivity index (χ0v) is 8.59. The Bertz CT molecular complexity index is 200. The van der Waals surface area contributed by atoms with Gasteiger partial charge in [0.2, 0.25) is 0 Å². The molecule has 2 atom stereocenters. The Labute approximate surface area is 80.9 Å². The van der Waals surface area contributed by atoms with E-state index in [-0.39, 0.29) is 0 Å². The van der Waals surface area contributed by atoms with Crippen LogP contribution in [0.1, 0.15) is 26.7 Å². The molecule has 0 spiro atoms. The maximum atomic E-state index is 5.29. The van der Waals surface area contributed by atoms with Gasteiger partial charge >= 0.3 is 0 Å². The summed E-state index contributed by atoms with van der Waals surface area (Å²) in [5.41, 5.74) is 6.69. The van der Waals surface area contributed by atoms with Crippen LogP contribution in [0.5, 0.6) is 0 Å². The lowest BCUT2D eigenvalue weighted by atomic mass is 9.93. The van der Waals surface area contributed by atoms with Gasteiger partial charge < -0.3 is 11.1 Å². The summed E-state index contributed by atoms with van der Waals surface area (Å²) in [4.78, 5) is 0. The van der Waals surface area contributed by atoms with Crippen molar-refractivity contribution in [2.24, 2.45) is 11.7 Å². The van der Waals surface area contributed by atoms with Gasteiger partial charge in [-0.15, -0.1) is 0 Å². The highest BCUT2D eigenvalue weighted by atomic mass is 14.9. The minimum atomic E-state index is 0.624. The molecule has 0 radical (unpaired) electrons. The molecule has 3 N–H and O–H groups in total. The molecular formula is C11H20N2. The summed E-state index contributed by atoms with van der Waals surface area (Å²) >= 11 is 0. The second-order valence-corrected chi connectivity index (χ2v) is 3.79. The Morgan fingerprint density at radius 2 is 2.38 bits per heavy atom. The van der Waals surface area contributed by atoms with Crippen molar-refractivity contribution in [3.05, 3.63) is 23.9 Å². The average Bonchev–Trinajstić information content (AvgIpc) is 2.65. The molecule has 0 aromatic heterocycles. The van der Waals surface area contributed by atoms with Gasteiger partial charge in [0.1, 0.15) is 0 Å². The third-order valence-corrected chi connectivity index (χ3v) is 2.89. The zero-order chi connectivity index (χ0) is 9.68. The van der Waals surface area contributed by atoms with E-state index in [1.807, 2.05) is 6.08 Å². The predicted molar refractivity (Wildman–Crippen MR) is 57.3 cm³/mol. The summed E-state index contributed by atoms with van der Waals surface area (Å²) in [7, 11) is 0. The molecule has 1 fully saturated rings. The van der Waals surface area contributed by atoms with Crippen LogP contribution in [0.4, 0.5) is 0 Å². The minimum absolute atomic E-state index is 0.624. The molecule has 0 saturated carbocycles. The van der Waals surface area contributed by atoms with Crippen molar-refractivity contribution in [1.82, 2.24) is 5.32 Å². The summed E-state index contributed by atoms with van der Waals surface area (Å²) in [6.07, 6.45) is 8.21. The van der Waals surface area contributed by atoms with Gasteiger partial charge in [0.15, 0.2) is 0 Å². The molecule has 0 amide bonds. The summed E-state index contributed by atoms with van der Waals surface area (Å²) < 4.78 is 0. The third kappa shape index (κ3) is 2.88. The van der Waals surface area contributed by atoms with Gasteiger partial charge in [0.25, 0.3) is 0 Å². The van der Waals surface area contributed by atoms with Crippen LogP contribution in [0, 0.1) is 5.92 Å². The second kappa shape index (κ2) is 5.07. The Morgan fingerprint density at radius 1 is 1.62 bits per heavy atom. The highest BCUT2D eigenvalue weighted by Crippen LogP contribution is 2.21. The summed E-state index contributed by atoms with van der Waals surface area (Å²) in [6.45, 7) is 5.62. The van der Waals surface area contributed by atoms with Crippen LogP contribution in [0.2, 0.25) is 0 Å². The van der Waals surface area contributed by atoms with E-state index in [9.17, 15) is 0 Å². The van der Waals surface area contributed by atoms with Crippen molar-refractivity contribution < 1.29 is 0 Å². The average molecular weight is 180 g/mol. The van der Waals surface area contributed by atoms with E-state index in [2.05, 4.69) is 25.2 Å². The van der Waals surface area contributed by atoms with Crippen LogP contribution in [-0.2, 0) is 0 Å². The fourth-order valence-corrected chi connectivity index (χ4v) is 1.81. The van der Waals surface area contributed by atoms with Crippen LogP contribution >= 0.6 is 0 Å². The maximum absolute atomic E-state index is 5.29. The van der Waals surface area contributed by atoms with Crippen LogP contribution in [0.15, 0.2) is 23.9 Å². The normalized spacial score (nSPS) is 26.9. The Kier molecular flexibility index (Phi) is 4.03. The van der Waals surface area contributed by atoms with Crippen molar-refractivity contribution in [3.63, 3.8) is 0 Å². The first kappa shape index (κ1) is 10.3. The number of nitrogens with one attached hydrogen (secondary N) is 1. The Hall–Kier alpha value is -0.760. The first-order chi connectivity index (χ1) is 6.25. The molecular weight excluding hydrogens is 160 g/mol. The van der Waals surface area contributed by atoms with Gasteiger partial charge in [-0.25, -0.2) is 0 Å². The molecule has 1 rings (SSSR count). The van der Waals surface area contributed by atoms with E-state index in [0.29, 0.717) is 12.0 Å². The molecule has 2 heteroatoms. The third-order valence-electron chi connectivity index (χ3n) is 2.89. The lowest BCUT2D eigenvalue weighted by molar-refractivity contribution is 0.472. The first-order valence-corrected chi connectivity index (χ1v) is 5.04. The fourth-order valence-electron chi connectivity index (χ4n) is 1.81. The summed E-state index contributed by atoms with van der Waals surface area (Å²) in [6, 6.07) is 0.669. The van der Waals surface area contributed by atoms with Gasteiger partial charge in [0.05, 0.1) is 0 Å². The molecule has 1 aliphatic heterocycles. The van der Waals surface area contributed by atoms with Crippen molar-refractivity contribution in [2.45, 2.75) is 32.7 Å². The number of hydrogen-bond acceptors (Lipinski definition) is 2. The Balaban J connectivity index is 2.49. The lowest BCUT2D eigenvalue weighted by Gasteiger charge is -2.19. The highest BCUT2D eigenvalue weighted by Gasteiger charge is 2.21. The van der Waals surface area contributed by atoms with Crippen molar-refractivity contribution >= 4 is 0 Å². The van der Waals surface area contributed by atoms with Gasteiger partial charge in [-0.1, -0.05) is 18.6 Å². The van der Waals surface area contributed by atoms with Crippen LogP contribution in [0.3, 0.4) is 0 Å². The van der Waals surface area contributed by atoms with E-state index >= 15 is 0 Å². The monoisotopic (exact) mass is 180 g/mol. The Morgan fingerprint density at radius 3 is 2.92 bits per heavy atom. The topological polar surface area (TPSA) is 38.0 Å². The quantitative estimate of drug-likeness (QED) is 0.650. The highest BCUT2D eigenvalue weighted by molar-refractivity contribution is 5.14. The van der Waals surface area contributed by atoms with E-state index in [0.717, 1.165) is 0 Å². The van der Waals surface area contributed by atoms with E-state index in [4.69, 9.17) is 5.73 Å². The van der Waals surface area contributed by atoms with E-state index in [1.165, 1.54) is 25.0 Å². The first-order valence-electron chi connectivity index (χ1n) is 5.04. The fraction of sp³-hybridized carbons (Fsp3) is 0.636.